The number of aromatic nitrogens is 1. The average Bonchev–Trinajstić information content (AvgIpc) is 2.57. The van der Waals surface area contributed by atoms with Crippen LogP contribution in [-0.2, 0) is 6.42 Å². The van der Waals surface area contributed by atoms with Gasteiger partial charge in [-0.3, -0.25) is 0 Å². The second-order valence-electron chi connectivity index (χ2n) is 3.78. The highest BCUT2D eigenvalue weighted by atomic mass is 32.1. The molecule has 0 aliphatic heterocycles. The summed E-state index contributed by atoms with van der Waals surface area (Å²) in [5.41, 5.74) is 8.01. The Morgan fingerprint density at radius 1 is 1.33 bits per heavy atom. The van der Waals surface area contributed by atoms with Gasteiger partial charge < -0.3 is 5.73 Å². The third-order valence-corrected chi connectivity index (χ3v) is 3.41. The van der Waals surface area contributed by atoms with Crippen LogP contribution in [0.3, 0.4) is 0 Å². The zero-order valence-corrected chi connectivity index (χ0v) is 9.81. The minimum Gasteiger partial charge on any atom is -0.330 e. The number of fused-ring (bicyclic) bond motifs is 1. The largest absolute Gasteiger partial charge is 0.330 e. The van der Waals surface area contributed by atoms with Gasteiger partial charge in [-0.25, -0.2) is 4.98 Å². The van der Waals surface area contributed by atoms with E-state index in [1.54, 1.807) is 11.3 Å². The SMILES string of the molecule is Cc1nc2ccc(CCCCN)cc2s1. The zero-order chi connectivity index (χ0) is 10.7. The lowest BCUT2D eigenvalue weighted by atomic mass is 10.1. The number of nitrogens with zero attached hydrogens (tertiary/aromatic N) is 1. The molecule has 1 heterocycles. The van der Waals surface area contributed by atoms with Gasteiger partial charge in [-0.05, 0) is 50.4 Å². The summed E-state index contributed by atoms with van der Waals surface area (Å²) in [7, 11) is 0. The highest BCUT2D eigenvalue weighted by Gasteiger charge is 2.01. The van der Waals surface area contributed by atoms with Crippen LogP contribution >= 0.6 is 11.3 Å². The predicted octanol–water partition coefficient (Wildman–Crippen LogP) is 2.89. The molecule has 1 aromatic carbocycles. The molecule has 0 fully saturated rings. The summed E-state index contributed by atoms with van der Waals surface area (Å²) < 4.78 is 1.30. The fourth-order valence-corrected chi connectivity index (χ4v) is 2.60. The summed E-state index contributed by atoms with van der Waals surface area (Å²) in [4.78, 5) is 4.45. The van der Waals surface area contributed by atoms with Gasteiger partial charge in [0.2, 0.25) is 0 Å². The standard InChI is InChI=1S/C12H16N2S/c1-9-14-11-6-5-10(4-2-3-7-13)8-12(11)15-9/h5-6,8H,2-4,7,13H2,1H3. The maximum absolute atomic E-state index is 5.48. The van der Waals surface area contributed by atoms with Crippen molar-refractivity contribution in [3.05, 3.63) is 28.8 Å². The van der Waals surface area contributed by atoms with Crippen molar-refractivity contribution >= 4 is 21.6 Å². The van der Waals surface area contributed by atoms with Gasteiger partial charge in [0.25, 0.3) is 0 Å². The first kappa shape index (κ1) is 10.6. The Morgan fingerprint density at radius 2 is 2.20 bits per heavy atom. The number of unbranched alkanes of at least 4 members (excludes halogenated alkanes) is 1. The Labute approximate surface area is 94.1 Å². The van der Waals surface area contributed by atoms with Crippen molar-refractivity contribution in [2.24, 2.45) is 5.73 Å². The van der Waals surface area contributed by atoms with E-state index >= 15 is 0 Å². The quantitative estimate of drug-likeness (QED) is 0.805. The van der Waals surface area contributed by atoms with E-state index in [1.807, 2.05) is 0 Å². The number of hydrogen-bond acceptors (Lipinski definition) is 3. The summed E-state index contributed by atoms with van der Waals surface area (Å²) in [6.07, 6.45) is 3.42. The van der Waals surface area contributed by atoms with Crippen LogP contribution in [0.4, 0.5) is 0 Å². The molecule has 0 amide bonds. The van der Waals surface area contributed by atoms with Crippen molar-refractivity contribution in [1.29, 1.82) is 0 Å². The van der Waals surface area contributed by atoms with Gasteiger partial charge in [-0.1, -0.05) is 6.07 Å². The van der Waals surface area contributed by atoms with Crippen LogP contribution in [-0.4, -0.2) is 11.5 Å². The summed E-state index contributed by atoms with van der Waals surface area (Å²) in [6, 6.07) is 6.56. The summed E-state index contributed by atoms with van der Waals surface area (Å²) >= 11 is 1.77. The van der Waals surface area contributed by atoms with Crippen LogP contribution in [0.25, 0.3) is 10.2 Å². The van der Waals surface area contributed by atoms with E-state index in [1.165, 1.54) is 16.7 Å². The number of aryl methyl sites for hydroxylation is 2. The van der Waals surface area contributed by atoms with Gasteiger partial charge in [0.1, 0.15) is 0 Å². The molecule has 2 aromatic rings. The molecular weight excluding hydrogens is 204 g/mol. The van der Waals surface area contributed by atoms with Crippen LogP contribution in [0.15, 0.2) is 18.2 Å². The van der Waals surface area contributed by atoms with Crippen molar-refractivity contribution in [2.75, 3.05) is 6.54 Å². The fourth-order valence-electron chi connectivity index (χ4n) is 1.71. The number of hydrogen-bond donors (Lipinski definition) is 1. The molecule has 3 heteroatoms. The van der Waals surface area contributed by atoms with Crippen molar-refractivity contribution in [3.8, 4) is 0 Å². The van der Waals surface area contributed by atoms with E-state index in [2.05, 4.69) is 30.1 Å². The molecule has 0 radical (unpaired) electrons. The fraction of sp³-hybridized carbons (Fsp3) is 0.417. The van der Waals surface area contributed by atoms with E-state index < -0.39 is 0 Å². The minimum atomic E-state index is 0.794. The lowest BCUT2D eigenvalue weighted by Gasteiger charge is -1.99. The molecule has 0 saturated carbocycles. The third kappa shape index (κ3) is 2.55. The molecule has 15 heavy (non-hydrogen) atoms. The zero-order valence-electron chi connectivity index (χ0n) is 8.99. The Balaban J connectivity index is 2.15. The molecule has 1 aromatic heterocycles. The van der Waals surface area contributed by atoms with Gasteiger partial charge >= 0.3 is 0 Å². The smallest absolute Gasteiger partial charge is 0.0907 e. The Bertz CT molecular complexity index is 448. The lowest BCUT2D eigenvalue weighted by Crippen LogP contribution is -1.98. The number of nitrogens with two attached hydrogens (primary N) is 1. The van der Waals surface area contributed by atoms with Crippen LogP contribution in [0.1, 0.15) is 23.4 Å². The first-order valence-electron chi connectivity index (χ1n) is 5.36. The van der Waals surface area contributed by atoms with Gasteiger partial charge in [0.15, 0.2) is 0 Å². The molecule has 0 spiro atoms. The van der Waals surface area contributed by atoms with E-state index in [0.29, 0.717) is 0 Å². The van der Waals surface area contributed by atoms with Gasteiger partial charge in [-0.2, -0.15) is 0 Å². The van der Waals surface area contributed by atoms with Crippen LogP contribution in [0, 0.1) is 6.92 Å². The summed E-state index contributed by atoms with van der Waals surface area (Å²) in [5.74, 6) is 0. The number of benzene rings is 1. The second kappa shape index (κ2) is 4.73. The summed E-state index contributed by atoms with van der Waals surface area (Å²) in [6.45, 7) is 2.85. The maximum atomic E-state index is 5.48. The van der Waals surface area contributed by atoms with Gasteiger partial charge in [-0.15, -0.1) is 11.3 Å². The Hall–Kier alpha value is -0.930. The van der Waals surface area contributed by atoms with E-state index in [9.17, 15) is 0 Å². The van der Waals surface area contributed by atoms with Crippen molar-refractivity contribution in [1.82, 2.24) is 4.98 Å². The van der Waals surface area contributed by atoms with Crippen molar-refractivity contribution in [2.45, 2.75) is 26.2 Å². The lowest BCUT2D eigenvalue weighted by molar-refractivity contribution is 0.745. The number of rotatable bonds is 4. The van der Waals surface area contributed by atoms with Gasteiger partial charge in [0.05, 0.1) is 15.2 Å². The molecule has 0 bridgehead atoms. The monoisotopic (exact) mass is 220 g/mol. The number of thiazole rings is 1. The summed E-state index contributed by atoms with van der Waals surface area (Å²) in [5, 5.41) is 1.14. The maximum Gasteiger partial charge on any atom is 0.0907 e. The van der Waals surface area contributed by atoms with Crippen molar-refractivity contribution in [3.63, 3.8) is 0 Å². The van der Waals surface area contributed by atoms with Crippen LogP contribution in [0.5, 0.6) is 0 Å². The molecule has 2 rings (SSSR count). The molecule has 0 unspecified atom stereocenters. The molecule has 2 nitrogen and oxygen atoms in total. The molecule has 0 aliphatic rings. The second-order valence-corrected chi connectivity index (χ2v) is 5.02. The highest BCUT2D eigenvalue weighted by Crippen LogP contribution is 2.23. The molecule has 0 saturated heterocycles. The molecular formula is C12H16N2S. The Morgan fingerprint density at radius 3 is 3.00 bits per heavy atom. The van der Waals surface area contributed by atoms with E-state index in [0.717, 1.165) is 29.9 Å². The predicted molar refractivity (Wildman–Crippen MR) is 66.3 cm³/mol. The average molecular weight is 220 g/mol. The van der Waals surface area contributed by atoms with Crippen LogP contribution < -0.4 is 5.73 Å². The highest BCUT2D eigenvalue weighted by molar-refractivity contribution is 7.18. The molecule has 80 valence electrons. The molecule has 0 atom stereocenters. The first-order valence-corrected chi connectivity index (χ1v) is 6.17. The third-order valence-electron chi connectivity index (χ3n) is 2.48. The molecule has 0 aliphatic carbocycles. The molecule has 2 N–H and O–H groups in total. The normalized spacial score (nSPS) is 11.1. The van der Waals surface area contributed by atoms with Gasteiger partial charge in [0, 0.05) is 0 Å². The topological polar surface area (TPSA) is 38.9 Å². The van der Waals surface area contributed by atoms with Crippen molar-refractivity contribution < 1.29 is 0 Å². The van der Waals surface area contributed by atoms with Crippen LogP contribution in [0.2, 0.25) is 0 Å². The first-order chi connectivity index (χ1) is 7.29. The minimum absolute atomic E-state index is 0.794. The van der Waals surface area contributed by atoms with E-state index in [4.69, 9.17) is 5.73 Å². The Kier molecular flexibility index (Phi) is 3.34. The van der Waals surface area contributed by atoms with E-state index in [-0.39, 0.29) is 0 Å².